The molecule has 4 N–H and O–H groups in total. The minimum Gasteiger partial charge on any atom is -0.357 e. The normalized spacial score (nSPS) is 14.5. The molecule has 2 unspecified atom stereocenters. The van der Waals surface area contributed by atoms with Crippen LogP contribution >= 0.6 is 0 Å². The molecule has 15 heavy (non-hydrogen) atoms. The van der Waals surface area contributed by atoms with Crippen molar-refractivity contribution in [1.82, 2.24) is 10.6 Å². The molecule has 5 heteroatoms. The maximum Gasteiger partial charge on any atom is 0.242 e. The molecule has 0 aromatic carbocycles. The highest BCUT2D eigenvalue weighted by molar-refractivity contribution is 5.89. The second-order valence-corrected chi connectivity index (χ2v) is 3.85. The van der Waals surface area contributed by atoms with Crippen molar-refractivity contribution in [3.05, 3.63) is 0 Å². The third-order valence-electron chi connectivity index (χ3n) is 2.31. The van der Waals surface area contributed by atoms with Gasteiger partial charge in [0, 0.05) is 7.05 Å². The number of hydrogen-bond donors (Lipinski definition) is 3. The summed E-state index contributed by atoms with van der Waals surface area (Å²) in [5.41, 5.74) is 5.66. The van der Waals surface area contributed by atoms with Gasteiger partial charge in [0.25, 0.3) is 0 Å². The van der Waals surface area contributed by atoms with Crippen LogP contribution in [0.3, 0.4) is 0 Å². The molecule has 0 aromatic rings. The van der Waals surface area contributed by atoms with Crippen molar-refractivity contribution in [3.63, 3.8) is 0 Å². The van der Waals surface area contributed by atoms with Crippen molar-refractivity contribution in [2.75, 3.05) is 7.05 Å². The number of hydrogen-bond acceptors (Lipinski definition) is 3. The Morgan fingerprint density at radius 2 is 1.80 bits per heavy atom. The van der Waals surface area contributed by atoms with Crippen LogP contribution in [0.5, 0.6) is 0 Å². The van der Waals surface area contributed by atoms with Crippen molar-refractivity contribution in [2.45, 2.75) is 39.3 Å². The maximum atomic E-state index is 11.6. The van der Waals surface area contributed by atoms with Crippen molar-refractivity contribution >= 4 is 11.8 Å². The van der Waals surface area contributed by atoms with E-state index >= 15 is 0 Å². The fraction of sp³-hybridized carbons (Fsp3) is 0.800. The number of rotatable bonds is 5. The molecule has 0 aliphatic carbocycles. The Bertz CT molecular complexity index is 229. The van der Waals surface area contributed by atoms with Gasteiger partial charge in [0.15, 0.2) is 0 Å². The number of carbonyl (C=O) groups is 2. The van der Waals surface area contributed by atoms with Gasteiger partial charge >= 0.3 is 0 Å². The van der Waals surface area contributed by atoms with E-state index in [2.05, 4.69) is 10.6 Å². The number of nitrogens with two attached hydrogens (primary N) is 1. The van der Waals surface area contributed by atoms with E-state index in [1.165, 1.54) is 0 Å². The molecule has 5 nitrogen and oxygen atoms in total. The molecule has 88 valence electrons. The number of carbonyl (C=O) groups excluding carboxylic acids is 2. The fourth-order valence-electron chi connectivity index (χ4n) is 1.10. The Kier molecular flexibility index (Phi) is 5.93. The van der Waals surface area contributed by atoms with Gasteiger partial charge in [-0.25, -0.2) is 0 Å². The van der Waals surface area contributed by atoms with Crippen LogP contribution in [0.25, 0.3) is 0 Å². The zero-order valence-corrected chi connectivity index (χ0v) is 9.83. The molecule has 0 aliphatic heterocycles. The van der Waals surface area contributed by atoms with Crippen LogP contribution in [0.15, 0.2) is 0 Å². The first-order chi connectivity index (χ1) is 6.93. The molecule has 2 amide bonds. The molecule has 0 aromatic heterocycles. The highest BCUT2D eigenvalue weighted by Gasteiger charge is 2.22. The van der Waals surface area contributed by atoms with E-state index < -0.39 is 12.1 Å². The summed E-state index contributed by atoms with van der Waals surface area (Å²) in [6.45, 7) is 5.57. The van der Waals surface area contributed by atoms with Crippen molar-refractivity contribution < 1.29 is 9.59 Å². The minimum absolute atomic E-state index is 0.0622. The van der Waals surface area contributed by atoms with Crippen LogP contribution in [0, 0.1) is 5.92 Å². The molecule has 0 bridgehead atoms. The Labute approximate surface area is 90.8 Å². The molecule has 2 atom stereocenters. The molecule has 0 rings (SSSR count). The topological polar surface area (TPSA) is 84.2 Å². The molecule has 0 saturated carbocycles. The lowest BCUT2D eigenvalue weighted by atomic mass is 10.0. The molecule has 0 spiro atoms. The number of amides is 2. The van der Waals surface area contributed by atoms with E-state index in [0.717, 1.165) is 0 Å². The van der Waals surface area contributed by atoms with Gasteiger partial charge in [0.2, 0.25) is 11.8 Å². The summed E-state index contributed by atoms with van der Waals surface area (Å²) >= 11 is 0. The summed E-state index contributed by atoms with van der Waals surface area (Å²) in [5, 5.41) is 5.12. The van der Waals surface area contributed by atoms with Gasteiger partial charge < -0.3 is 16.4 Å². The third-order valence-corrected chi connectivity index (χ3v) is 2.31. The Morgan fingerprint density at radius 1 is 1.27 bits per heavy atom. The van der Waals surface area contributed by atoms with E-state index in [0.29, 0.717) is 6.42 Å². The molecular formula is C10H21N3O2. The maximum absolute atomic E-state index is 11.6. The van der Waals surface area contributed by atoms with Crippen LogP contribution in [0.1, 0.15) is 27.2 Å². The summed E-state index contributed by atoms with van der Waals surface area (Å²) in [6, 6.07) is -1.06. The first-order valence-electron chi connectivity index (χ1n) is 5.21. The zero-order valence-electron chi connectivity index (χ0n) is 9.83. The average Bonchev–Trinajstić information content (AvgIpc) is 2.22. The number of nitrogens with one attached hydrogen (secondary N) is 2. The molecule has 0 heterocycles. The van der Waals surface area contributed by atoms with Gasteiger partial charge in [-0.1, -0.05) is 20.8 Å². The van der Waals surface area contributed by atoms with Crippen molar-refractivity contribution in [1.29, 1.82) is 0 Å². The van der Waals surface area contributed by atoms with Gasteiger partial charge in [-0.05, 0) is 12.3 Å². The lowest BCUT2D eigenvalue weighted by molar-refractivity contribution is -0.129. The van der Waals surface area contributed by atoms with Crippen LogP contribution in [0.2, 0.25) is 0 Å². The third kappa shape index (κ3) is 4.29. The van der Waals surface area contributed by atoms with Gasteiger partial charge in [-0.15, -0.1) is 0 Å². The van der Waals surface area contributed by atoms with E-state index in [-0.39, 0.29) is 17.7 Å². The highest BCUT2D eigenvalue weighted by atomic mass is 16.2. The summed E-state index contributed by atoms with van der Waals surface area (Å²) in [7, 11) is 1.54. The molecule has 0 radical (unpaired) electrons. The van der Waals surface area contributed by atoms with Crippen LogP contribution in [-0.4, -0.2) is 30.9 Å². The Hall–Kier alpha value is -1.10. The standard InChI is InChI=1S/C10H21N3O2/c1-5-7(9(14)12-4)13-10(15)8(11)6(2)3/h6-8H,5,11H2,1-4H3,(H,12,14)(H,13,15). The van der Waals surface area contributed by atoms with Gasteiger partial charge in [-0.3, -0.25) is 9.59 Å². The molecule has 0 saturated heterocycles. The predicted molar refractivity (Wildman–Crippen MR) is 59.1 cm³/mol. The van der Waals surface area contributed by atoms with Gasteiger partial charge in [0.05, 0.1) is 6.04 Å². The summed E-state index contributed by atoms with van der Waals surface area (Å²) in [5.74, 6) is -0.408. The van der Waals surface area contributed by atoms with Crippen molar-refractivity contribution in [2.24, 2.45) is 11.7 Å². The predicted octanol–water partition coefficient (Wildman–Crippen LogP) is -0.389. The van der Waals surface area contributed by atoms with Crippen LogP contribution < -0.4 is 16.4 Å². The first kappa shape index (κ1) is 13.9. The smallest absolute Gasteiger partial charge is 0.242 e. The first-order valence-corrected chi connectivity index (χ1v) is 5.21. The molecular weight excluding hydrogens is 194 g/mol. The number of likely N-dealkylation sites (N-methyl/N-ethyl adjacent to an activating group) is 1. The van der Waals surface area contributed by atoms with Gasteiger partial charge in [-0.2, -0.15) is 0 Å². The van der Waals surface area contributed by atoms with Gasteiger partial charge in [0.1, 0.15) is 6.04 Å². The average molecular weight is 215 g/mol. The van der Waals surface area contributed by atoms with E-state index in [1.54, 1.807) is 7.05 Å². The summed E-state index contributed by atoms with van der Waals surface area (Å²) in [6.07, 6.45) is 0.552. The largest absolute Gasteiger partial charge is 0.357 e. The van der Waals surface area contributed by atoms with Crippen LogP contribution in [0.4, 0.5) is 0 Å². The molecule has 0 fully saturated rings. The SMILES string of the molecule is CCC(NC(=O)C(N)C(C)C)C(=O)NC. The summed E-state index contributed by atoms with van der Waals surface area (Å²) in [4.78, 5) is 22.9. The zero-order chi connectivity index (χ0) is 12.0. The summed E-state index contributed by atoms with van der Waals surface area (Å²) < 4.78 is 0. The second-order valence-electron chi connectivity index (χ2n) is 3.85. The monoisotopic (exact) mass is 215 g/mol. The lowest BCUT2D eigenvalue weighted by Crippen LogP contribution is -2.52. The van der Waals surface area contributed by atoms with E-state index in [9.17, 15) is 9.59 Å². The Balaban J connectivity index is 4.30. The minimum atomic E-state index is -0.566. The molecule has 0 aliphatic rings. The second kappa shape index (κ2) is 6.40. The Morgan fingerprint density at radius 3 is 2.13 bits per heavy atom. The van der Waals surface area contributed by atoms with Crippen molar-refractivity contribution in [3.8, 4) is 0 Å². The lowest BCUT2D eigenvalue weighted by Gasteiger charge is -2.20. The quantitative estimate of drug-likeness (QED) is 0.584. The highest BCUT2D eigenvalue weighted by Crippen LogP contribution is 1.99. The van der Waals surface area contributed by atoms with Crippen LogP contribution in [-0.2, 0) is 9.59 Å². The van der Waals surface area contributed by atoms with E-state index in [4.69, 9.17) is 5.73 Å². The fourth-order valence-corrected chi connectivity index (χ4v) is 1.10. The van der Waals surface area contributed by atoms with E-state index in [1.807, 2.05) is 20.8 Å².